The number of rotatable bonds is 2. The summed E-state index contributed by atoms with van der Waals surface area (Å²) in [4.78, 5) is 4.55. The first-order valence-corrected chi connectivity index (χ1v) is 6.24. The van der Waals surface area contributed by atoms with Crippen molar-refractivity contribution in [1.82, 2.24) is 15.5 Å². The second-order valence-corrected chi connectivity index (χ2v) is 5.74. The highest BCUT2D eigenvalue weighted by Crippen LogP contribution is 2.57. The van der Waals surface area contributed by atoms with E-state index in [0.29, 0.717) is 11.3 Å². The molecule has 1 unspecified atom stereocenters. The van der Waals surface area contributed by atoms with Gasteiger partial charge in [-0.1, -0.05) is 25.4 Å². The highest BCUT2D eigenvalue weighted by Gasteiger charge is 2.49. The van der Waals surface area contributed by atoms with E-state index >= 15 is 0 Å². The van der Waals surface area contributed by atoms with E-state index in [0.717, 1.165) is 24.7 Å². The number of nitrogens with zero attached hydrogens (tertiary/aromatic N) is 2. The first-order chi connectivity index (χ1) is 7.67. The minimum atomic E-state index is 0.289. The molecule has 3 rings (SSSR count). The average Bonchev–Trinajstić information content (AvgIpc) is 2.76. The Morgan fingerprint density at radius 1 is 1.38 bits per heavy atom. The van der Waals surface area contributed by atoms with Crippen molar-refractivity contribution >= 4 is 0 Å². The lowest BCUT2D eigenvalue weighted by atomic mass is 10.1. The zero-order valence-corrected chi connectivity index (χ0v) is 9.99. The van der Waals surface area contributed by atoms with Crippen LogP contribution in [0.2, 0.25) is 0 Å². The van der Waals surface area contributed by atoms with Gasteiger partial charge in [-0.3, -0.25) is 0 Å². The summed E-state index contributed by atoms with van der Waals surface area (Å²) in [6.45, 7) is 5.58. The van der Waals surface area contributed by atoms with Crippen LogP contribution in [0.15, 0.2) is 4.52 Å². The third-order valence-corrected chi connectivity index (χ3v) is 3.89. The van der Waals surface area contributed by atoms with Crippen LogP contribution in [0.3, 0.4) is 0 Å². The molecular formula is C12H19N3O. The van der Waals surface area contributed by atoms with Crippen LogP contribution in [-0.2, 0) is 0 Å². The van der Waals surface area contributed by atoms with Gasteiger partial charge in [-0.2, -0.15) is 4.98 Å². The molecule has 0 aromatic carbocycles. The number of hydrogen-bond donors (Lipinski definition) is 1. The molecule has 1 N–H and O–H groups in total. The number of piperidine rings is 1. The van der Waals surface area contributed by atoms with Crippen molar-refractivity contribution in [2.75, 3.05) is 6.54 Å². The van der Waals surface area contributed by atoms with Crippen LogP contribution in [0, 0.1) is 5.41 Å². The van der Waals surface area contributed by atoms with Gasteiger partial charge in [0.25, 0.3) is 0 Å². The van der Waals surface area contributed by atoms with Gasteiger partial charge in [0.1, 0.15) is 0 Å². The molecule has 1 saturated heterocycles. The molecule has 2 aliphatic rings. The molecule has 2 atom stereocenters. The summed E-state index contributed by atoms with van der Waals surface area (Å²) in [5.41, 5.74) is 0.376. The Labute approximate surface area is 95.8 Å². The van der Waals surface area contributed by atoms with Gasteiger partial charge in [0.2, 0.25) is 5.89 Å². The molecule has 1 aromatic rings. The van der Waals surface area contributed by atoms with E-state index in [9.17, 15) is 0 Å². The second kappa shape index (κ2) is 3.55. The van der Waals surface area contributed by atoms with Crippen molar-refractivity contribution in [3.8, 4) is 0 Å². The van der Waals surface area contributed by atoms with E-state index < -0.39 is 0 Å². The Morgan fingerprint density at radius 3 is 2.81 bits per heavy atom. The summed E-state index contributed by atoms with van der Waals surface area (Å²) >= 11 is 0. The van der Waals surface area contributed by atoms with Gasteiger partial charge in [0, 0.05) is 5.92 Å². The Balaban J connectivity index is 1.72. The fourth-order valence-electron chi connectivity index (χ4n) is 2.50. The molecule has 2 fully saturated rings. The first kappa shape index (κ1) is 10.3. The lowest BCUT2D eigenvalue weighted by Gasteiger charge is -2.19. The van der Waals surface area contributed by atoms with Crippen molar-refractivity contribution in [3.05, 3.63) is 11.7 Å². The van der Waals surface area contributed by atoms with Crippen LogP contribution >= 0.6 is 0 Å². The smallest absolute Gasteiger partial charge is 0.243 e. The maximum atomic E-state index is 5.38. The van der Waals surface area contributed by atoms with Crippen molar-refractivity contribution in [3.63, 3.8) is 0 Å². The highest BCUT2D eigenvalue weighted by molar-refractivity contribution is 5.14. The number of hydrogen-bond acceptors (Lipinski definition) is 4. The fraction of sp³-hybridized carbons (Fsp3) is 0.833. The molecule has 4 nitrogen and oxygen atoms in total. The van der Waals surface area contributed by atoms with Gasteiger partial charge in [-0.05, 0) is 31.2 Å². The van der Waals surface area contributed by atoms with Gasteiger partial charge in [-0.15, -0.1) is 0 Å². The standard InChI is InChI=1S/C12H19N3O/c1-12(2)7-8(12)10-14-11(16-15-10)9-5-3-4-6-13-9/h8-9,13H,3-7H2,1-2H3/t8?,9-/m0/s1. The molecule has 1 aliphatic heterocycles. The zero-order chi connectivity index (χ0) is 11.2. The SMILES string of the molecule is CC1(C)CC1c1noc([C@@H]2CCCCN2)n1. The van der Waals surface area contributed by atoms with Crippen LogP contribution in [0.25, 0.3) is 0 Å². The Hall–Kier alpha value is -0.900. The normalized spacial score (nSPS) is 32.6. The highest BCUT2D eigenvalue weighted by atomic mass is 16.5. The summed E-state index contributed by atoms with van der Waals surface area (Å²) in [5.74, 6) is 2.21. The molecule has 0 radical (unpaired) electrons. The zero-order valence-electron chi connectivity index (χ0n) is 9.99. The van der Waals surface area contributed by atoms with E-state index in [1.54, 1.807) is 0 Å². The Morgan fingerprint density at radius 2 is 2.19 bits per heavy atom. The summed E-state index contributed by atoms with van der Waals surface area (Å²) in [7, 11) is 0. The minimum absolute atomic E-state index is 0.289. The van der Waals surface area contributed by atoms with Crippen molar-refractivity contribution < 1.29 is 4.52 Å². The van der Waals surface area contributed by atoms with Gasteiger partial charge in [0.15, 0.2) is 5.82 Å². The Bertz CT molecular complexity index is 379. The topological polar surface area (TPSA) is 51.0 Å². The summed E-state index contributed by atoms with van der Waals surface area (Å²) in [6, 6.07) is 0.289. The van der Waals surface area contributed by atoms with E-state index in [-0.39, 0.29) is 6.04 Å². The molecule has 1 aromatic heterocycles. The van der Waals surface area contributed by atoms with E-state index in [1.807, 2.05) is 0 Å². The Kier molecular flexibility index (Phi) is 2.28. The van der Waals surface area contributed by atoms with Gasteiger partial charge in [0.05, 0.1) is 6.04 Å². The van der Waals surface area contributed by atoms with Crippen LogP contribution < -0.4 is 5.32 Å². The average molecular weight is 221 g/mol. The van der Waals surface area contributed by atoms with Gasteiger partial charge >= 0.3 is 0 Å². The molecule has 1 aliphatic carbocycles. The molecule has 2 heterocycles. The third kappa shape index (κ3) is 1.75. The predicted octanol–water partition coefficient (Wildman–Crippen LogP) is 2.40. The largest absolute Gasteiger partial charge is 0.338 e. The third-order valence-electron chi connectivity index (χ3n) is 3.89. The molecule has 16 heavy (non-hydrogen) atoms. The molecule has 1 saturated carbocycles. The lowest BCUT2D eigenvalue weighted by Crippen LogP contribution is -2.27. The van der Waals surface area contributed by atoms with Gasteiger partial charge < -0.3 is 9.84 Å². The monoisotopic (exact) mass is 221 g/mol. The quantitative estimate of drug-likeness (QED) is 0.833. The molecule has 0 bridgehead atoms. The van der Waals surface area contributed by atoms with Crippen LogP contribution in [-0.4, -0.2) is 16.7 Å². The number of nitrogens with one attached hydrogen (secondary N) is 1. The maximum absolute atomic E-state index is 5.38. The van der Waals surface area contributed by atoms with Crippen LogP contribution in [0.1, 0.15) is 63.2 Å². The number of aromatic nitrogens is 2. The second-order valence-electron chi connectivity index (χ2n) is 5.74. The van der Waals surface area contributed by atoms with E-state index in [1.165, 1.54) is 19.3 Å². The summed E-state index contributed by atoms with van der Waals surface area (Å²) < 4.78 is 5.38. The van der Waals surface area contributed by atoms with E-state index in [4.69, 9.17) is 4.52 Å². The predicted molar refractivity (Wildman–Crippen MR) is 60.0 cm³/mol. The molecule has 0 spiro atoms. The molecule has 0 amide bonds. The summed E-state index contributed by atoms with van der Waals surface area (Å²) in [6.07, 6.45) is 4.82. The minimum Gasteiger partial charge on any atom is -0.338 e. The fourth-order valence-corrected chi connectivity index (χ4v) is 2.50. The maximum Gasteiger partial charge on any atom is 0.243 e. The van der Waals surface area contributed by atoms with Crippen molar-refractivity contribution in [2.45, 2.75) is 51.5 Å². The molecule has 88 valence electrons. The first-order valence-electron chi connectivity index (χ1n) is 6.24. The molecular weight excluding hydrogens is 202 g/mol. The van der Waals surface area contributed by atoms with Crippen molar-refractivity contribution in [1.29, 1.82) is 0 Å². The van der Waals surface area contributed by atoms with Crippen LogP contribution in [0.4, 0.5) is 0 Å². The van der Waals surface area contributed by atoms with Crippen molar-refractivity contribution in [2.24, 2.45) is 5.41 Å². The van der Waals surface area contributed by atoms with E-state index in [2.05, 4.69) is 29.3 Å². The lowest BCUT2D eigenvalue weighted by molar-refractivity contribution is 0.295. The molecule has 4 heteroatoms. The van der Waals surface area contributed by atoms with Gasteiger partial charge in [-0.25, -0.2) is 0 Å². The van der Waals surface area contributed by atoms with Crippen LogP contribution in [0.5, 0.6) is 0 Å². The summed E-state index contributed by atoms with van der Waals surface area (Å²) in [5, 5.41) is 7.56.